The lowest BCUT2D eigenvalue weighted by Gasteiger charge is -2.17. The zero-order valence-corrected chi connectivity index (χ0v) is 15.1. The first kappa shape index (κ1) is 18.1. The van der Waals surface area contributed by atoms with Crippen molar-refractivity contribution >= 4 is 22.6 Å². The fraction of sp³-hybridized carbons (Fsp3) is 0.0455. The van der Waals surface area contributed by atoms with Crippen LogP contribution in [-0.2, 0) is 4.74 Å². The molecule has 4 rings (SSSR count). The summed E-state index contributed by atoms with van der Waals surface area (Å²) in [4.78, 5) is 35.2. The van der Waals surface area contributed by atoms with Crippen LogP contribution in [0, 0.1) is 16.2 Å². The SMILES string of the molecule is COC(=O)c1cc(C#N)ccc1-c1c2ccc(=O)cc-2oc2cc(N=O)ccc12. The molecule has 29 heavy (non-hydrogen) atoms. The largest absolute Gasteiger partial charge is 0.465 e. The minimum absolute atomic E-state index is 0.165. The molecule has 0 atom stereocenters. The Morgan fingerprint density at radius 2 is 1.86 bits per heavy atom. The van der Waals surface area contributed by atoms with Crippen molar-refractivity contribution in [2.75, 3.05) is 7.11 Å². The molecule has 0 spiro atoms. The Bertz CT molecular complexity index is 1360. The second-order valence-corrected chi connectivity index (χ2v) is 6.27. The lowest BCUT2D eigenvalue weighted by molar-refractivity contribution is 0.0601. The van der Waals surface area contributed by atoms with E-state index in [0.717, 1.165) is 0 Å². The third-order valence-electron chi connectivity index (χ3n) is 4.61. The number of hydrogen-bond donors (Lipinski definition) is 0. The van der Waals surface area contributed by atoms with Gasteiger partial charge in [0.05, 0.1) is 24.3 Å². The Labute approximate surface area is 164 Å². The normalized spacial score (nSPS) is 10.6. The maximum atomic E-state index is 12.4. The molecule has 140 valence electrons. The van der Waals surface area contributed by atoms with Crippen LogP contribution in [0.4, 0.5) is 5.69 Å². The molecule has 0 radical (unpaired) electrons. The van der Waals surface area contributed by atoms with Crippen LogP contribution in [0.2, 0.25) is 0 Å². The third kappa shape index (κ3) is 3.03. The number of fused-ring (bicyclic) bond motifs is 2. The molecular weight excluding hydrogens is 372 g/mol. The number of rotatable bonds is 3. The highest BCUT2D eigenvalue weighted by Crippen LogP contribution is 2.42. The summed E-state index contributed by atoms with van der Waals surface area (Å²) in [6.07, 6.45) is 0. The Morgan fingerprint density at radius 1 is 1.07 bits per heavy atom. The van der Waals surface area contributed by atoms with Gasteiger partial charge in [-0.1, -0.05) is 6.07 Å². The molecular formula is C22H12N2O5. The Hall–Kier alpha value is -4.31. The van der Waals surface area contributed by atoms with Crippen LogP contribution in [0.5, 0.6) is 0 Å². The van der Waals surface area contributed by atoms with Crippen molar-refractivity contribution in [1.82, 2.24) is 0 Å². The van der Waals surface area contributed by atoms with Crippen molar-refractivity contribution in [3.63, 3.8) is 0 Å². The zero-order valence-electron chi connectivity index (χ0n) is 15.1. The molecule has 2 aromatic rings. The predicted octanol–water partition coefficient (Wildman–Crippen LogP) is 4.62. The fourth-order valence-electron chi connectivity index (χ4n) is 3.32. The van der Waals surface area contributed by atoms with Crippen molar-refractivity contribution in [3.8, 4) is 28.5 Å². The van der Waals surface area contributed by atoms with Crippen molar-refractivity contribution in [2.45, 2.75) is 0 Å². The maximum absolute atomic E-state index is 12.4. The van der Waals surface area contributed by atoms with Crippen LogP contribution in [-0.4, -0.2) is 13.1 Å². The summed E-state index contributed by atoms with van der Waals surface area (Å²) in [5.74, 6) is -0.311. The van der Waals surface area contributed by atoms with Crippen molar-refractivity contribution in [3.05, 3.63) is 80.9 Å². The molecule has 1 heterocycles. The lowest BCUT2D eigenvalue weighted by atomic mass is 9.90. The van der Waals surface area contributed by atoms with Gasteiger partial charge in [0, 0.05) is 28.6 Å². The highest BCUT2D eigenvalue weighted by atomic mass is 16.5. The summed E-state index contributed by atoms with van der Waals surface area (Å²) in [6.45, 7) is 0. The fourth-order valence-corrected chi connectivity index (χ4v) is 3.32. The highest BCUT2D eigenvalue weighted by Gasteiger charge is 2.22. The number of carbonyl (C=O) groups is 1. The Balaban J connectivity index is 2.18. The average Bonchev–Trinajstić information content (AvgIpc) is 2.76. The lowest BCUT2D eigenvalue weighted by Crippen LogP contribution is -2.06. The standard InChI is InChI=1S/C22H12N2O5/c1-28-22(26)18-8-12(11-23)2-5-15(18)21-16-6-3-13(24-27)9-19(16)29-20-10-14(25)4-7-17(20)21/h2-10H,1H3. The molecule has 0 N–H and O–H groups in total. The van der Waals surface area contributed by atoms with E-state index in [1.807, 2.05) is 6.07 Å². The van der Waals surface area contributed by atoms with E-state index >= 15 is 0 Å². The number of ether oxygens (including phenoxy) is 1. The summed E-state index contributed by atoms with van der Waals surface area (Å²) in [6, 6.07) is 15.7. The number of nitriles is 1. The van der Waals surface area contributed by atoms with Gasteiger partial charge in [-0.3, -0.25) is 4.79 Å². The second kappa shape index (κ2) is 7.02. The Kier molecular flexibility index (Phi) is 4.37. The monoisotopic (exact) mass is 384 g/mol. The molecule has 1 aliphatic carbocycles. The molecule has 2 aromatic carbocycles. The summed E-state index contributed by atoms with van der Waals surface area (Å²) in [5, 5.41) is 12.7. The second-order valence-electron chi connectivity index (χ2n) is 6.27. The van der Waals surface area contributed by atoms with Crippen molar-refractivity contribution in [1.29, 1.82) is 5.26 Å². The molecule has 0 saturated heterocycles. The van der Waals surface area contributed by atoms with E-state index in [0.29, 0.717) is 39.0 Å². The average molecular weight is 384 g/mol. The third-order valence-corrected chi connectivity index (χ3v) is 4.61. The van der Waals surface area contributed by atoms with Crippen LogP contribution in [0.3, 0.4) is 0 Å². The molecule has 0 aromatic heterocycles. The Morgan fingerprint density at radius 3 is 2.59 bits per heavy atom. The van der Waals surface area contributed by atoms with Crippen molar-refractivity contribution < 1.29 is 13.9 Å². The summed E-state index contributed by atoms with van der Waals surface area (Å²) < 4.78 is 10.7. The molecule has 0 amide bonds. The molecule has 0 saturated carbocycles. The van der Waals surface area contributed by atoms with Gasteiger partial charge < -0.3 is 9.15 Å². The number of nitroso groups, excluding NO2 is 1. The maximum Gasteiger partial charge on any atom is 0.338 e. The molecule has 0 fully saturated rings. The van der Waals surface area contributed by atoms with E-state index in [2.05, 4.69) is 5.18 Å². The van der Waals surface area contributed by atoms with E-state index in [9.17, 15) is 19.8 Å². The topological polar surface area (TPSA) is 110 Å². The van der Waals surface area contributed by atoms with Gasteiger partial charge >= 0.3 is 5.97 Å². The zero-order chi connectivity index (χ0) is 20.5. The number of carbonyl (C=O) groups excluding carboxylic acids is 1. The number of hydrogen-bond acceptors (Lipinski definition) is 7. The van der Waals surface area contributed by atoms with Gasteiger partial charge in [0.2, 0.25) is 0 Å². The van der Waals surface area contributed by atoms with Crippen LogP contribution >= 0.6 is 0 Å². The first-order valence-corrected chi connectivity index (χ1v) is 8.52. The first-order chi connectivity index (χ1) is 14.0. The summed E-state index contributed by atoms with van der Waals surface area (Å²) >= 11 is 0. The summed E-state index contributed by atoms with van der Waals surface area (Å²) in [5.41, 5.74) is 2.47. The number of nitrogens with zero attached hydrogens (tertiary/aromatic N) is 2. The van der Waals surface area contributed by atoms with Gasteiger partial charge in [-0.25, -0.2) is 4.79 Å². The van der Waals surface area contributed by atoms with E-state index < -0.39 is 5.97 Å². The van der Waals surface area contributed by atoms with Crippen LogP contribution in [0.15, 0.2) is 69.0 Å². The first-order valence-electron chi connectivity index (χ1n) is 8.52. The number of benzene rings is 3. The quantitative estimate of drug-likeness (QED) is 0.289. The van der Waals surface area contributed by atoms with Crippen LogP contribution in [0.1, 0.15) is 15.9 Å². The minimum Gasteiger partial charge on any atom is -0.465 e. The molecule has 0 unspecified atom stereocenters. The van der Waals surface area contributed by atoms with Gasteiger partial charge in [-0.15, -0.1) is 4.91 Å². The smallest absolute Gasteiger partial charge is 0.338 e. The molecule has 0 bridgehead atoms. The van der Waals surface area contributed by atoms with E-state index in [1.165, 1.54) is 37.4 Å². The van der Waals surface area contributed by atoms with Gasteiger partial charge in [-0.05, 0) is 47.1 Å². The van der Waals surface area contributed by atoms with Crippen molar-refractivity contribution in [2.24, 2.45) is 5.18 Å². The van der Waals surface area contributed by atoms with Crippen LogP contribution < -0.4 is 5.43 Å². The van der Waals surface area contributed by atoms with Gasteiger partial charge in [0.25, 0.3) is 0 Å². The van der Waals surface area contributed by atoms with E-state index in [4.69, 9.17) is 9.15 Å². The highest BCUT2D eigenvalue weighted by molar-refractivity contribution is 6.08. The molecule has 7 heteroatoms. The molecule has 2 aliphatic rings. The minimum atomic E-state index is -0.606. The number of esters is 1. The van der Waals surface area contributed by atoms with Gasteiger partial charge in [0.15, 0.2) is 5.43 Å². The molecule has 7 nitrogen and oxygen atoms in total. The predicted molar refractivity (Wildman–Crippen MR) is 106 cm³/mol. The number of methoxy groups -OCH3 is 1. The van der Waals surface area contributed by atoms with E-state index in [-0.39, 0.29) is 16.7 Å². The van der Waals surface area contributed by atoms with Gasteiger partial charge in [-0.2, -0.15) is 5.26 Å². The van der Waals surface area contributed by atoms with Gasteiger partial charge in [0.1, 0.15) is 17.0 Å². The van der Waals surface area contributed by atoms with Crippen LogP contribution in [0.25, 0.3) is 33.4 Å². The van der Waals surface area contributed by atoms with E-state index in [1.54, 1.807) is 24.3 Å². The molecule has 1 aliphatic heterocycles. The summed E-state index contributed by atoms with van der Waals surface area (Å²) in [7, 11) is 1.26.